The number of aldehydes is 2. The van der Waals surface area contributed by atoms with Crippen LogP contribution in [0.4, 0.5) is 5.95 Å². The topological polar surface area (TPSA) is 240 Å². The maximum atomic E-state index is 11.9. The summed E-state index contributed by atoms with van der Waals surface area (Å²) in [5, 5.41) is 21.3. The lowest BCUT2D eigenvalue weighted by Gasteiger charge is -2.32. The van der Waals surface area contributed by atoms with Crippen LogP contribution in [-0.4, -0.2) is 76.0 Å². The monoisotopic (exact) mass is 419 g/mol. The van der Waals surface area contributed by atoms with Gasteiger partial charge < -0.3 is 30.5 Å². The first-order valence-electron chi connectivity index (χ1n) is 7.42. The van der Waals surface area contributed by atoms with Gasteiger partial charge in [0.15, 0.2) is 35.6 Å². The van der Waals surface area contributed by atoms with Crippen LogP contribution in [0.1, 0.15) is 6.23 Å². The molecule has 1 aliphatic rings. The number of nitrogens with two attached hydrogens (primary N) is 1. The number of aromatic amines is 1. The number of hydrogen-bond donors (Lipinski definition) is 6. The van der Waals surface area contributed by atoms with E-state index in [-0.39, 0.29) is 29.7 Å². The molecule has 1 fully saturated rings. The van der Waals surface area contributed by atoms with Crippen molar-refractivity contribution in [3.63, 3.8) is 0 Å². The summed E-state index contributed by atoms with van der Waals surface area (Å²) < 4.78 is 21.3. The number of anilines is 1. The second-order valence-corrected chi connectivity index (χ2v) is 7.16. The number of aliphatic hydroxyl groups is 2. The molecule has 152 valence electrons. The first-order chi connectivity index (χ1) is 13.0. The van der Waals surface area contributed by atoms with E-state index in [0.717, 1.165) is 10.9 Å². The van der Waals surface area contributed by atoms with E-state index in [1.165, 1.54) is 0 Å². The van der Waals surface area contributed by atoms with Crippen LogP contribution in [0, 0.1) is 0 Å². The van der Waals surface area contributed by atoms with Crippen molar-refractivity contribution in [2.75, 3.05) is 12.3 Å². The molecule has 2 aromatic rings. The number of carbonyl (C=O) groups is 2. The fourth-order valence-electron chi connectivity index (χ4n) is 2.87. The summed E-state index contributed by atoms with van der Waals surface area (Å²) in [5.41, 5.74) is -1.71. The highest BCUT2D eigenvalue weighted by Crippen LogP contribution is 2.46. The third-order valence-corrected chi connectivity index (χ3v) is 4.74. The molecule has 0 aromatic carbocycles. The molecule has 4 atom stereocenters. The molecule has 0 amide bonds. The Hall–Kier alpha value is -2.52. The zero-order valence-electron chi connectivity index (χ0n) is 13.7. The number of aromatic nitrogens is 4. The fraction of sp³-hybridized carbons (Fsp3) is 0.417. The van der Waals surface area contributed by atoms with Crippen molar-refractivity contribution < 1.29 is 43.4 Å². The molecule has 0 bridgehead atoms. The van der Waals surface area contributed by atoms with E-state index < -0.39 is 43.5 Å². The lowest BCUT2D eigenvalue weighted by molar-refractivity contribution is -0.168. The predicted octanol–water partition coefficient (Wildman–Crippen LogP) is -3.43. The molecule has 0 radical (unpaired) electrons. The number of rotatable bonds is 6. The van der Waals surface area contributed by atoms with Crippen LogP contribution in [0.5, 0.6) is 0 Å². The van der Waals surface area contributed by atoms with Gasteiger partial charge in [-0.3, -0.25) is 28.5 Å². The molecule has 15 nitrogen and oxygen atoms in total. The van der Waals surface area contributed by atoms with Crippen molar-refractivity contribution in [3.8, 4) is 0 Å². The molecule has 2 aromatic heterocycles. The van der Waals surface area contributed by atoms with Crippen molar-refractivity contribution in [2.24, 2.45) is 0 Å². The molecule has 0 spiro atoms. The third kappa shape index (κ3) is 2.94. The van der Waals surface area contributed by atoms with Crippen molar-refractivity contribution in [1.29, 1.82) is 0 Å². The smallest absolute Gasteiger partial charge is 0.376 e. The minimum Gasteiger partial charge on any atom is -0.376 e. The summed E-state index contributed by atoms with van der Waals surface area (Å²) in [6.07, 6.45) is -3.23. The number of carbonyl (C=O) groups excluding carboxylic acids is 2. The minimum atomic E-state index is -5.04. The van der Waals surface area contributed by atoms with E-state index >= 15 is 0 Å². The van der Waals surface area contributed by atoms with E-state index in [4.69, 9.17) is 20.3 Å². The van der Waals surface area contributed by atoms with Crippen molar-refractivity contribution in [3.05, 3.63) is 16.7 Å². The molecule has 7 N–H and O–H groups in total. The van der Waals surface area contributed by atoms with E-state index in [2.05, 4.69) is 19.5 Å². The summed E-state index contributed by atoms with van der Waals surface area (Å²) in [7, 11) is -5.04. The van der Waals surface area contributed by atoms with Crippen molar-refractivity contribution in [1.82, 2.24) is 19.5 Å². The van der Waals surface area contributed by atoms with E-state index in [9.17, 15) is 29.2 Å². The van der Waals surface area contributed by atoms with Crippen LogP contribution in [0.15, 0.2) is 11.1 Å². The summed E-state index contributed by atoms with van der Waals surface area (Å²) >= 11 is 0. The van der Waals surface area contributed by atoms with Crippen LogP contribution in [-0.2, 0) is 23.4 Å². The van der Waals surface area contributed by atoms with Gasteiger partial charge in [0, 0.05) is 0 Å². The molecule has 3 rings (SSSR count). The van der Waals surface area contributed by atoms with Gasteiger partial charge in [-0.15, -0.1) is 0 Å². The number of phosphoric ester groups is 1. The Labute approximate surface area is 154 Å². The second-order valence-electron chi connectivity index (χ2n) is 5.93. The quantitative estimate of drug-likeness (QED) is 0.197. The molecule has 1 saturated heterocycles. The number of hydrogen-bond acceptors (Lipinski definition) is 11. The Morgan fingerprint density at radius 1 is 1.36 bits per heavy atom. The standard InChI is InChI=1S/C12H14N5O10P/c13-10-15-7-6(8(20)16-10)14-4-17(7)9-12(22,3-19)11(21,2-18)5(27-9)1-26-28(23,24)25/h2-5,9,21-22H,1H2,(H2,23,24,25)(H3,13,15,16,20). The third-order valence-electron chi connectivity index (χ3n) is 4.26. The van der Waals surface area contributed by atoms with E-state index in [1.54, 1.807) is 0 Å². The Kier molecular flexibility index (Phi) is 4.71. The predicted molar refractivity (Wildman–Crippen MR) is 86.5 cm³/mol. The number of H-pyrrole nitrogens is 1. The number of phosphoric acid groups is 1. The van der Waals surface area contributed by atoms with Crippen molar-refractivity contribution >= 4 is 37.5 Å². The van der Waals surface area contributed by atoms with Gasteiger partial charge in [0.1, 0.15) is 6.10 Å². The maximum Gasteiger partial charge on any atom is 0.469 e. The van der Waals surface area contributed by atoms with Gasteiger partial charge in [0.25, 0.3) is 5.56 Å². The SMILES string of the molecule is Nc1nc2c(ncn2C2OC(COP(=O)(O)O)C(O)(C=O)C2(O)C=O)c(=O)[nH]1. The molecule has 16 heteroatoms. The Morgan fingerprint density at radius 3 is 2.57 bits per heavy atom. The highest BCUT2D eigenvalue weighted by Gasteiger charge is 2.68. The van der Waals surface area contributed by atoms with Gasteiger partial charge in [-0.25, -0.2) is 9.55 Å². The molecular formula is C12H14N5O10P. The number of nitrogens with zero attached hydrogens (tertiary/aromatic N) is 3. The molecule has 0 saturated carbocycles. The molecule has 28 heavy (non-hydrogen) atoms. The number of nitrogen functional groups attached to an aromatic ring is 1. The largest absolute Gasteiger partial charge is 0.469 e. The van der Waals surface area contributed by atoms with Gasteiger partial charge in [0.2, 0.25) is 11.5 Å². The summed E-state index contributed by atoms with van der Waals surface area (Å²) in [6, 6.07) is 0. The number of nitrogens with one attached hydrogen (secondary N) is 1. The first-order valence-corrected chi connectivity index (χ1v) is 8.95. The zero-order chi connectivity index (χ0) is 20.9. The van der Waals surface area contributed by atoms with Gasteiger partial charge in [-0.05, 0) is 0 Å². The Balaban J connectivity index is 2.13. The fourth-order valence-corrected chi connectivity index (χ4v) is 3.19. The maximum absolute atomic E-state index is 11.9. The summed E-state index contributed by atoms with van der Waals surface area (Å²) in [6.45, 7) is -1.06. The van der Waals surface area contributed by atoms with Gasteiger partial charge >= 0.3 is 7.82 Å². The number of fused-ring (bicyclic) bond motifs is 1. The first kappa shape index (κ1) is 20.2. The van der Waals surface area contributed by atoms with Crippen molar-refractivity contribution in [2.45, 2.75) is 23.5 Å². The molecule has 0 aliphatic carbocycles. The highest BCUT2D eigenvalue weighted by atomic mass is 31.2. The highest BCUT2D eigenvalue weighted by molar-refractivity contribution is 7.46. The summed E-state index contributed by atoms with van der Waals surface area (Å²) in [4.78, 5) is 62.4. The van der Waals surface area contributed by atoms with E-state index in [0.29, 0.717) is 0 Å². The Morgan fingerprint density at radius 2 is 2.00 bits per heavy atom. The van der Waals surface area contributed by atoms with Crippen LogP contribution >= 0.6 is 7.82 Å². The van der Waals surface area contributed by atoms with Crippen LogP contribution in [0.25, 0.3) is 11.2 Å². The Bertz CT molecular complexity index is 1050. The van der Waals surface area contributed by atoms with Gasteiger partial charge in [-0.1, -0.05) is 0 Å². The molecule has 3 heterocycles. The van der Waals surface area contributed by atoms with Crippen LogP contribution in [0.3, 0.4) is 0 Å². The lowest BCUT2D eigenvalue weighted by Crippen LogP contribution is -2.61. The average molecular weight is 419 g/mol. The van der Waals surface area contributed by atoms with Gasteiger partial charge in [-0.2, -0.15) is 4.98 Å². The zero-order valence-corrected chi connectivity index (χ0v) is 14.6. The molecule has 1 aliphatic heterocycles. The van der Waals surface area contributed by atoms with E-state index in [1.807, 2.05) is 0 Å². The normalized spacial score (nSPS) is 30.6. The van der Waals surface area contributed by atoms with Crippen LogP contribution in [0.2, 0.25) is 0 Å². The number of imidazole rings is 1. The minimum absolute atomic E-state index is 0.189. The second kappa shape index (κ2) is 6.52. The van der Waals surface area contributed by atoms with Gasteiger partial charge in [0.05, 0.1) is 12.9 Å². The lowest BCUT2D eigenvalue weighted by atomic mass is 9.82. The summed E-state index contributed by atoms with van der Waals surface area (Å²) in [5.74, 6) is -0.334. The molecular weight excluding hydrogens is 405 g/mol. The number of ether oxygens (including phenoxy) is 1. The average Bonchev–Trinajstić information content (AvgIpc) is 3.11. The van der Waals surface area contributed by atoms with Crippen LogP contribution < -0.4 is 11.3 Å². The molecule has 4 unspecified atom stereocenters.